The summed E-state index contributed by atoms with van der Waals surface area (Å²) in [6.45, 7) is 2.13. The van der Waals surface area contributed by atoms with Crippen molar-refractivity contribution in [2.75, 3.05) is 11.9 Å². The van der Waals surface area contributed by atoms with E-state index in [0.717, 1.165) is 27.7 Å². The van der Waals surface area contributed by atoms with Crippen molar-refractivity contribution < 1.29 is 13.9 Å². The van der Waals surface area contributed by atoms with Crippen LogP contribution in [0.3, 0.4) is 0 Å². The van der Waals surface area contributed by atoms with E-state index in [9.17, 15) is 9.18 Å². The quantitative estimate of drug-likeness (QED) is 0.748. The molecule has 0 bridgehead atoms. The van der Waals surface area contributed by atoms with Crippen LogP contribution in [0.2, 0.25) is 0 Å². The van der Waals surface area contributed by atoms with E-state index in [1.165, 1.54) is 23.9 Å². The molecule has 1 heterocycles. The Balaban J connectivity index is 1.82. The number of hydrogen-bond donors (Lipinski definition) is 1. The van der Waals surface area contributed by atoms with Gasteiger partial charge in [0.15, 0.2) is 0 Å². The van der Waals surface area contributed by atoms with Gasteiger partial charge >= 0.3 is 5.97 Å². The monoisotopic (exact) mass is 370 g/mol. The van der Waals surface area contributed by atoms with Gasteiger partial charge < -0.3 is 10.1 Å². The van der Waals surface area contributed by atoms with Crippen molar-refractivity contribution in [3.05, 3.63) is 71.7 Å². The summed E-state index contributed by atoms with van der Waals surface area (Å²) in [6, 6.07) is 14.2. The summed E-state index contributed by atoms with van der Waals surface area (Å²) in [4.78, 5) is 16.5. The molecule has 2 aromatic rings. The van der Waals surface area contributed by atoms with Gasteiger partial charge in [-0.3, -0.25) is 4.79 Å². The fourth-order valence-corrected chi connectivity index (χ4v) is 3.39. The molecule has 1 N–H and O–H groups in total. The van der Waals surface area contributed by atoms with Gasteiger partial charge in [0.25, 0.3) is 0 Å². The summed E-state index contributed by atoms with van der Waals surface area (Å²) in [7, 11) is 0. The second-order valence-corrected chi connectivity index (χ2v) is 6.66. The molecule has 0 radical (unpaired) electrons. The second kappa shape index (κ2) is 8.67. The van der Waals surface area contributed by atoms with Gasteiger partial charge in [-0.05, 0) is 42.8 Å². The number of anilines is 1. The van der Waals surface area contributed by atoms with Crippen LogP contribution in [0.25, 0.3) is 0 Å². The Morgan fingerprint density at radius 1 is 1.23 bits per heavy atom. The molecule has 0 amide bonds. The minimum absolute atomic E-state index is 0.141. The molecule has 6 heteroatoms. The Labute approximate surface area is 156 Å². The molecule has 3 rings (SSSR count). The Hall–Kier alpha value is -2.60. The molecule has 1 aliphatic heterocycles. The van der Waals surface area contributed by atoms with E-state index in [0.29, 0.717) is 12.4 Å². The standard InChI is InChI=1S/C20H19FN2O2S/c1-2-25-20(24)12-16-11-19(23-18-9-4-3-8-17(18)22-16)26-13-14-6-5-7-15(21)10-14/h3-11,22H,2,12-13H2,1H3. The van der Waals surface area contributed by atoms with Crippen LogP contribution in [-0.2, 0) is 15.3 Å². The Morgan fingerprint density at radius 2 is 2.08 bits per heavy atom. The predicted molar refractivity (Wildman–Crippen MR) is 104 cm³/mol. The summed E-state index contributed by atoms with van der Waals surface area (Å²) >= 11 is 1.50. The average molecular weight is 370 g/mol. The van der Waals surface area contributed by atoms with Crippen LogP contribution in [0.4, 0.5) is 15.8 Å². The van der Waals surface area contributed by atoms with Crippen LogP contribution in [0.15, 0.2) is 65.3 Å². The first kappa shape index (κ1) is 18.2. The third kappa shape index (κ3) is 4.95. The number of ether oxygens (including phenoxy) is 1. The fourth-order valence-electron chi connectivity index (χ4n) is 2.51. The van der Waals surface area contributed by atoms with Crippen LogP contribution in [0.1, 0.15) is 18.9 Å². The summed E-state index contributed by atoms with van der Waals surface area (Å²) in [5.41, 5.74) is 3.23. The summed E-state index contributed by atoms with van der Waals surface area (Å²) < 4.78 is 18.4. The number of carbonyl (C=O) groups excluding carboxylic acids is 1. The molecule has 0 fully saturated rings. The summed E-state index contributed by atoms with van der Waals surface area (Å²) in [6.07, 6.45) is 1.99. The smallest absolute Gasteiger partial charge is 0.311 e. The van der Waals surface area contributed by atoms with Gasteiger partial charge in [-0.1, -0.05) is 24.3 Å². The molecular weight excluding hydrogens is 351 g/mol. The lowest BCUT2D eigenvalue weighted by Crippen LogP contribution is -2.10. The maximum atomic E-state index is 13.4. The third-order valence-electron chi connectivity index (χ3n) is 3.64. The van der Waals surface area contributed by atoms with E-state index < -0.39 is 0 Å². The second-order valence-electron chi connectivity index (χ2n) is 5.66. The first-order valence-electron chi connectivity index (χ1n) is 8.32. The zero-order valence-corrected chi connectivity index (χ0v) is 15.2. The van der Waals surface area contributed by atoms with Gasteiger partial charge in [0.05, 0.1) is 29.4 Å². The minimum atomic E-state index is -0.292. The lowest BCUT2D eigenvalue weighted by Gasteiger charge is -2.10. The SMILES string of the molecule is CCOC(=O)CC1=CC(SCc2cccc(F)c2)=Nc2ccccc2N1. The van der Waals surface area contributed by atoms with Crippen molar-refractivity contribution in [3.8, 4) is 0 Å². The van der Waals surface area contributed by atoms with E-state index in [1.54, 1.807) is 13.0 Å². The highest BCUT2D eigenvalue weighted by atomic mass is 32.2. The Kier molecular flexibility index (Phi) is 6.07. The number of carbonyl (C=O) groups is 1. The van der Waals surface area contributed by atoms with Gasteiger partial charge in [-0.25, -0.2) is 9.38 Å². The predicted octanol–water partition coefficient (Wildman–Crippen LogP) is 5.05. The largest absolute Gasteiger partial charge is 0.466 e. The highest BCUT2D eigenvalue weighted by Gasteiger charge is 2.14. The van der Waals surface area contributed by atoms with E-state index in [1.807, 2.05) is 36.4 Å². The maximum Gasteiger partial charge on any atom is 0.311 e. The average Bonchev–Trinajstić information content (AvgIpc) is 2.78. The van der Waals surface area contributed by atoms with E-state index in [2.05, 4.69) is 10.3 Å². The van der Waals surface area contributed by atoms with E-state index >= 15 is 0 Å². The molecule has 0 atom stereocenters. The molecule has 1 aliphatic rings. The summed E-state index contributed by atoms with van der Waals surface area (Å²) in [5.74, 6) is 0.0404. The number of hydrogen-bond acceptors (Lipinski definition) is 5. The number of thioether (sulfide) groups is 1. The van der Waals surface area contributed by atoms with Crippen LogP contribution >= 0.6 is 11.8 Å². The molecule has 26 heavy (non-hydrogen) atoms. The molecule has 134 valence electrons. The zero-order chi connectivity index (χ0) is 18.4. The van der Waals surface area contributed by atoms with Gasteiger partial charge in [0.2, 0.25) is 0 Å². The van der Waals surface area contributed by atoms with E-state index in [4.69, 9.17) is 4.74 Å². The highest BCUT2D eigenvalue weighted by molar-refractivity contribution is 8.13. The molecule has 2 aromatic carbocycles. The number of fused-ring (bicyclic) bond motifs is 1. The highest BCUT2D eigenvalue weighted by Crippen LogP contribution is 2.31. The number of nitrogens with zero attached hydrogens (tertiary/aromatic N) is 1. The third-order valence-corrected chi connectivity index (χ3v) is 4.63. The molecule has 0 unspecified atom stereocenters. The molecule has 0 aliphatic carbocycles. The minimum Gasteiger partial charge on any atom is -0.466 e. The molecular formula is C20H19FN2O2S. The topological polar surface area (TPSA) is 50.7 Å². The number of benzene rings is 2. The molecule has 0 saturated carbocycles. The van der Waals surface area contributed by atoms with Crippen molar-refractivity contribution in [2.24, 2.45) is 4.99 Å². The molecule has 0 spiro atoms. The first-order valence-corrected chi connectivity index (χ1v) is 9.31. The maximum absolute atomic E-state index is 13.4. The normalized spacial score (nSPS) is 13.0. The van der Waals surface area contributed by atoms with E-state index in [-0.39, 0.29) is 18.2 Å². The van der Waals surface area contributed by atoms with Gasteiger partial charge in [-0.2, -0.15) is 0 Å². The van der Waals surface area contributed by atoms with Crippen LogP contribution < -0.4 is 5.32 Å². The van der Waals surface area contributed by atoms with Gasteiger partial charge in [-0.15, -0.1) is 11.8 Å². The first-order chi connectivity index (χ1) is 12.6. The summed E-state index contributed by atoms with van der Waals surface area (Å²) in [5, 5.41) is 4.01. The van der Waals surface area contributed by atoms with Crippen molar-refractivity contribution >= 4 is 34.1 Å². The molecule has 0 aromatic heterocycles. The van der Waals surface area contributed by atoms with Gasteiger partial charge in [0, 0.05) is 11.4 Å². The number of halogens is 1. The number of nitrogens with one attached hydrogen (secondary N) is 1. The van der Waals surface area contributed by atoms with Gasteiger partial charge in [0.1, 0.15) is 5.82 Å². The van der Waals surface area contributed by atoms with Crippen molar-refractivity contribution in [2.45, 2.75) is 19.1 Å². The molecule has 0 saturated heterocycles. The van der Waals surface area contributed by atoms with Crippen molar-refractivity contribution in [3.63, 3.8) is 0 Å². The Bertz CT molecular complexity index is 864. The van der Waals surface area contributed by atoms with Crippen LogP contribution in [0, 0.1) is 5.82 Å². The zero-order valence-electron chi connectivity index (χ0n) is 14.4. The lowest BCUT2D eigenvalue weighted by atomic mass is 10.2. The Morgan fingerprint density at radius 3 is 2.88 bits per heavy atom. The number of para-hydroxylation sites is 2. The van der Waals surface area contributed by atoms with Crippen molar-refractivity contribution in [1.29, 1.82) is 0 Å². The fraction of sp³-hybridized carbons (Fsp3) is 0.200. The van der Waals surface area contributed by atoms with Crippen LogP contribution in [-0.4, -0.2) is 17.6 Å². The number of aliphatic imine (C=N–C) groups is 1. The molecule has 4 nitrogen and oxygen atoms in total. The lowest BCUT2D eigenvalue weighted by molar-refractivity contribution is -0.142. The van der Waals surface area contributed by atoms with Crippen molar-refractivity contribution in [1.82, 2.24) is 0 Å². The number of rotatable bonds is 5. The number of esters is 1. The van der Waals surface area contributed by atoms with Crippen LogP contribution in [0.5, 0.6) is 0 Å².